The predicted octanol–water partition coefficient (Wildman–Crippen LogP) is 3.56. The van der Waals surface area contributed by atoms with Gasteiger partial charge in [0.2, 0.25) is 0 Å². The molecule has 2 rings (SSSR count). The molecule has 0 aliphatic carbocycles. The number of aromatic nitrogens is 1. The lowest BCUT2D eigenvalue weighted by Crippen LogP contribution is -2.07. The van der Waals surface area contributed by atoms with Gasteiger partial charge in [0.05, 0.1) is 24.2 Å². The molecule has 0 saturated carbocycles. The van der Waals surface area contributed by atoms with Crippen molar-refractivity contribution >= 4 is 23.3 Å². The van der Waals surface area contributed by atoms with Gasteiger partial charge < -0.3 is 14.6 Å². The highest BCUT2D eigenvalue weighted by atomic mass is 35.5. The van der Waals surface area contributed by atoms with Crippen molar-refractivity contribution in [2.45, 2.75) is 20.0 Å². The van der Waals surface area contributed by atoms with Crippen LogP contribution in [0.5, 0.6) is 0 Å². The molecule has 2 aromatic rings. The summed E-state index contributed by atoms with van der Waals surface area (Å²) in [7, 11) is 1.34. The first kappa shape index (κ1) is 14.5. The number of nitrogens with one attached hydrogen (secondary N) is 1. The molecule has 0 unspecified atom stereocenters. The van der Waals surface area contributed by atoms with Gasteiger partial charge in [-0.05, 0) is 37.3 Å². The van der Waals surface area contributed by atoms with Crippen LogP contribution in [0.2, 0.25) is 5.02 Å². The molecule has 0 radical (unpaired) electrons. The maximum atomic E-state index is 11.6. The number of carbonyl (C=O) groups is 1. The summed E-state index contributed by atoms with van der Waals surface area (Å²) in [5, 5.41) is 3.67. The minimum Gasteiger partial charge on any atom is -0.465 e. The van der Waals surface area contributed by atoms with Gasteiger partial charge in [0, 0.05) is 24.1 Å². The summed E-state index contributed by atoms with van der Waals surface area (Å²) >= 11 is 5.98. The lowest BCUT2D eigenvalue weighted by molar-refractivity contribution is 0.0601. The topological polar surface area (TPSA) is 43.3 Å². The maximum absolute atomic E-state index is 11.6. The van der Waals surface area contributed by atoms with Gasteiger partial charge in [0.15, 0.2) is 0 Å². The molecule has 106 valence electrons. The second-order valence-corrected chi connectivity index (χ2v) is 4.73. The van der Waals surface area contributed by atoms with E-state index in [1.807, 2.05) is 18.3 Å². The van der Waals surface area contributed by atoms with Crippen molar-refractivity contribution < 1.29 is 9.53 Å². The van der Waals surface area contributed by atoms with Gasteiger partial charge in [0.25, 0.3) is 0 Å². The van der Waals surface area contributed by atoms with Crippen LogP contribution in [0.4, 0.5) is 5.69 Å². The number of benzene rings is 1. The van der Waals surface area contributed by atoms with E-state index in [2.05, 4.69) is 22.9 Å². The van der Waals surface area contributed by atoms with Crippen LogP contribution in [0.3, 0.4) is 0 Å². The Labute approximate surface area is 123 Å². The summed E-state index contributed by atoms with van der Waals surface area (Å²) in [5.74, 6) is -0.435. The monoisotopic (exact) mass is 292 g/mol. The van der Waals surface area contributed by atoms with Crippen molar-refractivity contribution in [3.8, 4) is 0 Å². The van der Waals surface area contributed by atoms with Crippen LogP contribution in [-0.4, -0.2) is 17.6 Å². The Morgan fingerprint density at radius 3 is 2.90 bits per heavy atom. The molecule has 0 aliphatic heterocycles. The third-order valence-corrected chi connectivity index (χ3v) is 3.44. The van der Waals surface area contributed by atoms with Crippen molar-refractivity contribution in [2.24, 2.45) is 0 Å². The minimum atomic E-state index is -0.435. The van der Waals surface area contributed by atoms with E-state index in [1.165, 1.54) is 12.8 Å². The average molecular weight is 293 g/mol. The van der Waals surface area contributed by atoms with Crippen LogP contribution in [0.15, 0.2) is 36.5 Å². The molecular formula is C15H17ClN2O2. The number of nitrogens with zero attached hydrogens (tertiary/aromatic N) is 1. The number of rotatable bonds is 5. The molecule has 0 saturated heterocycles. The van der Waals surface area contributed by atoms with E-state index >= 15 is 0 Å². The molecule has 1 aromatic carbocycles. The standard InChI is InChI=1S/C15H17ClN2O2/c1-3-18-8-4-5-12(18)10-17-11-6-7-14(16)13(9-11)15(19)20-2/h4-9,17H,3,10H2,1-2H3. The van der Waals surface area contributed by atoms with E-state index in [0.717, 1.165) is 12.2 Å². The zero-order valence-electron chi connectivity index (χ0n) is 11.5. The predicted molar refractivity (Wildman–Crippen MR) is 80.2 cm³/mol. The Hall–Kier alpha value is -1.94. The summed E-state index contributed by atoms with van der Waals surface area (Å²) in [4.78, 5) is 11.6. The summed E-state index contributed by atoms with van der Waals surface area (Å²) in [6, 6.07) is 9.31. The zero-order valence-corrected chi connectivity index (χ0v) is 12.3. The average Bonchev–Trinajstić information content (AvgIpc) is 2.93. The molecule has 0 aliphatic rings. The minimum absolute atomic E-state index is 0.366. The summed E-state index contributed by atoms with van der Waals surface area (Å²) in [6.07, 6.45) is 2.04. The first-order valence-electron chi connectivity index (χ1n) is 6.41. The number of carbonyl (C=O) groups excluding carboxylic acids is 1. The normalized spacial score (nSPS) is 10.3. The van der Waals surface area contributed by atoms with Crippen molar-refractivity contribution in [3.63, 3.8) is 0 Å². The fourth-order valence-corrected chi connectivity index (χ4v) is 2.21. The van der Waals surface area contributed by atoms with Gasteiger partial charge in [0.1, 0.15) is 0 Å². The number of methoxy groups -OCH3 is 1. The fourth-order valence-electron chi connectivity index (χ4n) is 2.01. The molecular weight excluding hydrogens is 276 g/mol. The summed E-state index contributed by atoms with van der Waals surface area (Å²) in [6.45, 7) is 3.71. The molecule has 0 atom stereocenters. The molecule has 4 nitrogen and oxygen atoms in total. The Morgan fingerprint density at radius 2 is 2.20 bits per heavy atom. The molecule has 1 heterocycles. The number of hydrogen-bond donors (Lipinski definition) is 1. The van der Waals surface area contributed by atoms with E-state index in [4.69, 9.17) is 16.3 Å². The van der Waals surface area contributed by atoms with Crippen LogP contribution in [0.25, 0.3) is 0 Å². The highest BCUT2D eigenvalue weighted by Gasteiger charge is 2.11. The molecule has 1 N–H and O–H groups in total. The third kappa shape index (κ3) is 3.14. The zero-order chi connectivity index (χ0) is 14.5. The molecule has 0 spiro atoms. The number of esters is 1. The van der Waals surface area contributed by atoms with Gasteiger partial charge in [-0.2, -0.15) is 0 Å². The maximum Gasteiger partial charge on any atom is 0.339 e. The number of anilines is 1. The van der Waals surface area contributed by atoms with E-state index in [0.29, 0.717) is 17.1 Å². The molecule has 0 fully saturated rings. The third-order valence-electron chi connectivity index (χ3n) is 3.11. The first-order valence-corrected chi connectivity index (χ1v) is 6.79. The molecule has 5 heteroatoms. The number of hydrogen-bond acceptors (Lipinski definition) is 3. The second-order valence-electron chi connectivity index (χ2n) is 4.33. The van der Waals surface area contributed by atoms with Crippen molar-refractivity contribution in [1.29, 1.82) is 0 Å². The first-order chi connectivity index (χ1) is 9.65. The highest BCUT2D eigenvalue weighted by molar-refractivity contribution is 6.33. The Kier molecular flexibility index (Phi) is 4.69. The van der Waals surface area contributed by atoms with Gasteiger partial charge in [-0.3, -0.25) is 0 Å². The van der Waals surface area contributed by atoms with Crippen LogP contribution in [0, 0.1) is 0 Å². The van der Waals surface area contributed by atoms with Crippen LogP contribution in [0.1, 0.15) is 23.0 Å². The summed E-state index contributed by atoms with van der Waals surface area (Å²) in [5.41, 5.74) is 2.38. The Bertz CT molecular complexity index is 608. The fraction of sp³-hybridized carbons (Fsp3) is 0.267. The molecule has 20 heavy (non-hydrogen) atoms. The van der Waals surface area contributed by atoms with E-state index < -0.39 is 5.97 Å². The van der Waals surface area contributed by atoms with E-state index in [-0.39, 0.29) is 0 Å². The molecule has 0 amide bonds. The van der Waals surface area contributed by atoms with Gasteiger partial charge in [-0.1, -0.05) is 11.6 Å². The smallest absolute Gasteiger partial charge is 0.339 e. The van der Waals surface area contributed by atoms with Gasteiger partial charge >= 0.3 is 5.97 Å². The van der Waals surface area contributed by atoms with Gasteiger partial charge in [-0.25, -0.2) is 4.79 Å². The van der Waals surface area contributed by atoms with Crippen molar-refractivity contribution in [1.82, 2.24) is 4.57 Å². The SMILES string of the molecule is CCn1cccc1CNc1ccc(Cl)c(C(=O)OC)c1. The van der Waals surface area contributed by atoms with E-state index in [1.54, 1.807) is 12.1 Å². The Balaban J connectivity index is 2.12. The Morgan fingerprint density at radius 1 is 1.40 bits per heavy atom. The second kappa shape index (κ2) is 6.48. The number of aryl methyl sites for hydroxylation is 1. The largest absolute Gasteiger partial charge is 0.465 e. The van der Waals surface area contributed by atoms with E-state index in [9.17, 15) is 4.79 Å². The lowest BCUT2D eigenvalue weighted by atomic mass is 10.2. The van der Waals surface area contributed by atoms with Crippen LogP contribution in [-0.2, 0) is 17.8 Å². The number of ether oxygens (including phenoxy) is 1. The van der Waals surface area contributed by atoms with Crippen molar-refractivity contribution in [2.75, 3.05) is 12.4 Å². The van der Waals surface area contributed by atoms with Gasteiger partial charge in [-0.15, -0.1) is 0 Å². The quantitative estimate of drug-likeness (QED) is 0.857. The van der Waals surface area contributed by atoms with Crippen LogP contribution < -0.4 is 5.32 Å². The lowest BCUT2D eigenvalue weighted by Gasteiger charge is -2.11. The summed E-state index contributed by atoms with van der Waals surface area (Å²) < 4.78 is 6.86. The number of halogens is 1. The van der Waals surface area contributed by atoms with Crippen LogP contribution >= 0.6 is 11.6 Å². The molecule has 1 aromatic heterocycles. The molecule has 0 bridgehead atoms. The highest BCUT2D eigenvalue weighted by Crippen LogP contribution is 2.21. The van der Waals surface area contributed by atoms with Crippen molar-refractivity contribution in [3.05, 3.63) is 52.8 Å².